The molecule has 1 aliphatic rings. The molecule has 0 aliphatic heterocycles. The number of rotatable bonds is 5. The van der Waals surface area contributed by atoms with Crippen molar-refractivity contribution in [2.24, 2.45) is 5.41 Å². The summed E-state index contributed by atoms with van der Waals surface area (Å²) in [4.78, 5) is 19.4. The van der Waals surface area contributed by atoms with Gasteiger partial charge in [-0.2, -0.15) is 0 Å². The van der Waals surface area contributed by atoms with Gasteiger partial charge >= 0.3 is 0 Å². The molecule has 0 spiro atoms. The summed E-state index contributed by atoms with van der Waals surface area (Å²) in [6.45, 7) is 14.1. The Morgan fingerprint density at radius 3 is 1.67 bits per heavy atom. The van der Waals surface area contributed by atoms with Crippen LogP contribution >= 0.6 is 0 Å². The molecule has 0 N–H and O–H groups in total. The standard InChI is InChI=1S/C36H35N4O.Ir/c1-34(2)27-19-18-25(20-28(27)35(3,4)36(34,5)6)30-29(41-7)21-26(22-37-30)33-39-31(23-14-10-8-11-15-23)38-32(40-33)24-16-12-9-13-17-24;/h8-17,19-22H,1-7H3;/q-1;. The smallest absolute Gasteiger partial charge is 0.165 e. The van der Waals surface area contributed by atoms with Crippen molar-refractivity contribution in [1.82, 2.24) is 19.9 Å². The third-order valence-electron chi connectivity index (χ3n) is 9.71. The minimum absolute atomic E-state index is 0. The van der Waals surface area contributed by atoms with E-state index in [0.29, 0.717) is 23.2 Å². The van der Waals surface area contributed by atoms with Crippen LogP contribution in [0.25, 0.3) is 45.4 Å². The Balaban J connectivity index is 0.00000353. The summed E-state index contributed by atoms with van der Waals surface area (Å²) in [7, 11) is 1.67. The summed E-state index contributed by atoms with van der Waals surface area (Å²) in [5, 5.41) is 0. The van der Waals surface area contributed by atoms with Gasteiger partial charge in [-0.1, -0.05) is 102 Å². The van der Waals surface area contributed by atoms with E-state index in [1.807, 2.05) is 72.9 Å². The minimum Gasteiger partial charge on any atom is -0.504 e. The quantitative estimate of drug-likeness (QED) is 0.170. The Hall–Kier alpha value is -3.73. The van der Waals surface area contributed by atoms with Crippen LogP contribution in [0.2, 0.25) is 0 Å². The van der Waals surface area contributed by atoms with E-state index in [2.05, 4.69) is 59.7 Å². The second kappa shape index (κ2) is 10.8. The molecule has 2 heterocycles. The molecule has 0 atom stereocenters. The van der Waals surface area contributed by atoms with E-state index >= 15 is 0 Å². The van der Waals surface area contributed by atoms with Crippen LogP contribution in [0.1, 0.15) is 52.7 Å². The molecule has 5 aromatic rings. The average Bonchev–Trinajstić information content (AvgIpc) is 3.10. The van der Waals surface area contributed by atoms with E-state index in [1.54, 1.807) is 7.11 Å². The van der Waals surface area contributed by atoms with Gasteiger partial charge in [0.15, 0.2) is 17.5 Å². The van der Waals surface area contributed by atoms with Gasteiger partial charge in [0, 0.05) is 48.7 Å². The Labute approximate surface area is 262 Å². The summed E-state index contributed by atoms with van der Waals surface area (Å²) < 4.78 is 5.89. The Kier molecular flexibility index (Phi) is 7.67. The van der Waals surface area contributed by atoms with Crippen LogP contribution in [0.5, 0.6) is 5.75 Å². The van der Waals surface area contributed by atoms with Crippen molar-refractivity contribution in [3.8, 4) is 51.2 Å². The number of hydrogen-bond acceptors (Lipinski definition) is 5. The van der Waals surface area contributed by atoms with Crippen LogP contribution in [-0.2, 0) is 30.9 Å². The predicted octanol–water partition coefficient (Wildman–Crippen LogP) is 8.34. The van der Waals surface area contributed by atoms with Crippen LogP contribution in [0.3, 0.4) is 0 Å². The van der Waals surface area contributed by atoms with Gasteiger partial charge in [-0.05, 0) is 22.3 Å². The molecular formula is C36H35IrN4O-. The zero-order chi connectivity index (χ0) is 29.0. The second-order valence-electron chi connectivity index (χ2n) is 12.4. The van der Waals surface area contributed by atoms with E-state index in [1.165, 1.54) is 11.1 Å². The molecule has 1 aliphatic carbocycles. The molecule has 5 nitrogen and oxygen atoms in total. The molecule has 0 unspecified atom stereocenters. The number of fused-ring (bicyclic) bond motifs is 1. The Morgan fingerprint density at radius 1 is 0.643 bits per heavy atom. The fraction of sp³-hybridized carbons (Fsp3) is 0.278. The third-order valence-corrected chi connectivity index (χ3v) is 9.71. The van der Waals surface area contributed by atoms with E-state index < -0.39 is 0 Å². The molecule has 42 heavy (non-hydrogen) atoms. The molecular weight excluding hydrogens is 697 g/mol. The van der Waals surface area contributed by atoms with Crippen molar-refractivity contribution in [2.45, 2.75) is 52.4 Å². The zero-order valence-electron chi connectivity index (χ0n) is 25.1. The number of ether oxygens (including phenoxy) is 1. The molecule has 0 saturated carbocycles. The molecule has 1 radical (unpaired) electrons. The largest absolute Gasteiger partial charge is 0.504 e. The fourth-order valence-corrected chi connectivity index (χ4v) is 5.98. The number of pyridine rings is 1. The summed E-state index contributed by atoms with van der Waals surface area (Å²) in [5.41, 5.74) is 7.02. The van der Waals surface area contributed by atoms with E-state index in [0.717, 1.165) is 27.9 Å². The summed E-state index contributed by atoms with van der Waals surface area (Å²) in [5.74, 6) is 2.41. The number of hydrogen-bond donors (Lipinski definition) is 0. The molecule has 0 saturated heterocycles. The first-order valence-electron chi connectivity index (χ1n) is 14.0. The van der Waals surface area contributed by atoms with Gasteiger partial charge in [0.25, 0.3) is 0 Å². The molecule has 3 aromatic carbocycles. The average molecular weight is 732 g/mol. The van der Waals surface area contributed by atoms with Crippen LogP contribution in [-0.4, -0.2) is 27.0 Å². The van der Waals surface area contributed by atoms with Crippen LogP contribution in [0, 0.1) is 11.5 Å². The van der Waals surface area contributed by atoms with Crippen LogP contribution in [0.15, 0.2) is 85.1 Å². The van der Waals surface area contributed by atoms with E-state index in [-0.39, 0.29) is 36.4 Å². The number of aromatic nitrogens is 4. The maximum atomic E-state index is 5.89. The van der Waals surface area contributed by atoms with Gasteiger partial charge in [0.2, 0.25) is 0 Å². The van der Waals surface area contributed by atoms with Crippen molar-refractivity contribution in [1.29, 1.82) is 0 Å². The topological polar surface area (TPSA) is 60.8 Å². The van der Waals surface area contributed by atoms with Gasteiger partial charge < -0.3 is 9.72 Å². The monoisotopic (exact) mass is 732 g/mol. The first kappa shape index (κ1) is 29.8. The van der Waals surface area contributed by atoms with E-state index in [4.69, 9.17) is 24.7 Å². The van der Waals surface area contributed by atoms with Crippen LogP contribution < -0.4 is 4.74 Å². The number of methoxy groups -OCH3 is 1. The second-order valence-corrected chi connectivity index (χ2v) is 12.4. The summed E-state index contributed by atoms with van der Waals surface area (Å²) >= 11 is 0. The van der Waals surface area contributed by atoms with Gasteiger partial charge in [0.05, 0.1) is 7.11 Å². The van der Waals surface area contributed by atoms with E-state index in [9.17, 15) is 0 Å². The SMILES string of the molecule is COc1cc(-c2nc(-c3ccccc3)nc(-c3ccccc3)n2)cnc1-c1[c-]cc2c(c1)C(C)(C)C(C)(C)C2(C)C.[Ir]. The van der Waals surface area contributed by atoms with Gasteiger partial charge in [0.1, 0.15) is 5.75 Å². The number of nitrogens with zero attached hydrogens (tertiary/aromatic N) is 4. The number of benzene rings is 3. The van der Waals surface area contributed by atoms with Crippen molar-refractivity contribution in [3.05, 3.63) is 102 Å². The fourth-order valence-electron chi connectivity index (χ4n) is 5.98. The van der Waals surface area contributed by atoms with Crippen molar-refractivity contribution < 1.29 is 24.8 Å². The van der Waals surface area contributed by atoms with Gasteiger partial charge in [-0.25, -0.2) is 15.0 Å². The molecule has 0 bridgehead atoms. The van der Waals surface area contributed by atoms with Crippen LogP contribution in [0.4, 0.5) is 0 Å². The normalized spacial score (nSPS) is 15.9. The molecule has 215 valence electrons. The first-order valence-corrected chi connectivity index (χ1v) is 14.0. The third kappa shape index (κ3) is 4.67. The van der Waals surface area contributed by atoms with Crippen molar-refractivity contribution in [3.63, 3.8) is 0 Å². The van der Waals surface area contributed by atoms with Crippen molar-refractivity contribution in [2.75, 3.05) is 7.11 Å². The van der Waals surface area contributed by atoms with Crippen molar-refractivity contribution >= 4 is 0 Å². The Bertz CT molecular complexity index is 1690. The summed E-state index contributed by atoms with van der Waals surface area (Å²) in [6, 6.07) is 29.8. The van der Waals surface area contributed by atoms with Gasteiger partial charge in [-0.3, -0.25) is 0 Å². The summed E-state index contributed by atoms with van der Waals surface area (Å²) in [6.07, 6.45) is 1.82. The molecule has 0 fully saturated rings. The predicted molar refractivity (Wildman–Crippen MR) is 165 cm³/mol. The van der Waals surface area contributed by atoms with Gasteiger partial charge in [-0.15, -0.1) is 34.9 Å². The zero-order valence-corrected chi connectivity index (χ0v) is 27.5. The Morgan fingerprint density at radius 2 is 1.14 bits per heavy atom. The first-order chi connectivity index (χ1) is 19.5. The molecule has 6 heteroatoms. The molecule has 0 amide bonds. The maximum absolute atomic E-state index is 5.89. The molecule has 2 aromatic heterocycles. The minimum atomic E-state index is -0.0184. The molecule has 6 rings (SSSR count). The maximum Gasteiger partial charge on any atom is 0.165 e.